The molecule has 0 spiro atoms. The summed E-state index contributed by atoms with van der Waals surface area (Å²) in [5.74, 6) is -0.787. The Bertz CT molecular complexity index is 459. The average molecular weight is 238 g/mol. The fourth-order valence-electron chi connectivity index (χ4n) is 2.04. The molecule has 1 saturated heterocycles. The van der Waals surface area contributed by atoms with Crippen molar-refractivity contribution in [1.82, 2.24) is 0 Å². The standard InChI is InChI=1S/C12H12ClNO2/c1-7-5-8(2)11(9(13)6-7)14-4-3-10(15)12(14)16/h5-6H,3-4H2,1-2H3. The molecule has 0 N–H and O–H groups in total. The van der Waals surface area contributed by atoms with Gasteiger partial charge in [0.15, 0.2) is 0 Å². The van der Waals surface area contributed by atoms with Gasteiger partial charge < -0.3 is 4.90 Å². The predicted octanol–water partition coefficient (Wildman–Crippen LogP) is 2.26. The third-order valence-corrected chi connectivity index (χ3v) is 3.00. The van der Waals surface area contributed by atoms with E-state index < -0.39 is 5.91 Å². The summed E-state index contributed by atoms with van der Waals surface area (Å²) in [4.78, 5) is 24.3. The quantitative estimate of drug-likeness (QED) is 0.703. The SMILES string of the molecule is Cc1cc(C)c(N2CCC(=O)C2=O)c(Cl)c1. The van der Waals surface area contributed by atoms with Crippen LogP contribution in [0, 0.1) is 13.8 Å². The molecule has 1 aromatic carbocycles. The van der Waals surface area contributed by atoms with Crippen LogP contribution < -0.4 is 4.90 Å². The van der Waals surface area contributed by atoms with Crippen LogP contribution in [0.3, 0.4) is 0 Å². The Morgan fingerprint density at radius 2 is 1.94 bits per heavy atom. The molecule has 0 aromatic heterocycles. The Morgan fingerprint density at radius 1 is 1.25 bits per heavy atom. The van der Waals surface area contributed by atoms with Crippen molar-refractivity contribution < 1.29 is 9.59 Å². The van der Waals surface area contributed by atoms with Crippen LogP contribution in [0.1, 0.15) is 17.5 Å². The second-order valence-corrected chi connectivity index (χ2v) is 4.45. The zero-order valence-electron chi connectivity index (χ0n) is 9.21. The number of hydrogen-bond donors (Lipinski definition) is 0. The molecule has 0 unspecified atom stereocenters. The lowest BCUT2D eigenvalue weighted by Crippen LogP contribution is -2.28. The maximum Gasteiger partial charge on any atom is 0.294 e. The molecule has 0 radical (unpaired) electrons. The molecule has 16 heavy (non-hydrogen) atoms. The smallest absolute Gasteiger partial charge is 0.294 e. The van der Waals surface area contributed by atoms with Crippen LogP contribution in [0.25, 0.3) is 0 Å². The van der Waals surface area contributed by atoms with Gasteiger partial charge in [-0.1, -0.05) is 17.7 Å². The van der Waals surface area contributed by atoms with Crippen LogP contribution in [0.15, 0.2) is 12.1 Å². The lowest BCUT2D eigenvalue weighted by Gasteiger charge is -2.19. The van der Waals surface area contributed by atoms with Crippen LogP contribution >= 0.6 is 11.6 Å². The number of aryl methyl sites for hydroxylation is 2. The Morgan fingerprint density at radius 3 is 2.44 bits per heavy atom. The van der Waals surface area contributed by atoms with Gasteiger partial charge in [-0.3, -0.25) is 9.59 Å². The van der Waals surface area contributed by atoms with Gasteiger partial charge in [0.05, 0.1) is 10.7 Å². The monoisotopic (exact) mass is 237 g/mol. The molecule has 1 fully saturated rings. The molecule has 2 rings (SSSR count). The van der Waals surface area contributed by atoms with Crippen molar-refractivity contribution in [2.45, 2.75) is 20.3 Å². The minimum absolute atomic E-state index is 0.280. The first-order valence-electron chi connectivity index (χ1n) is 5.12. The van der Waals surface area contributed by atoms with Gasteiger partial charge in [0, 0.05) is 13.0 Å². The maximum atomic E-state index is 11.6. The van der Waals surface area contributed by atoms with Crippen LogP contribution in [-0.2, 0) is 9.59 Å². The van der Waals surface area contributed by atoms with E-state index in [1.807, 2.05) is 19.9 Å². The maximum absolute atomic E-state index is 11.6. The molecule has 1 aliphatic rings. The van der Waals surface area contributed by atoms with Gasteiger partial charge in [-0.25, -0.2) is 0 Å². The fraction of sp³-hybridized carbons (Fsp3) is 0.333. The van der Waals surface area contributed by atoms with Gasteiger partial charge >= 0.3 is 0 Å². The largest absolute Gasteiger partial charge is 0.304 e. The van der Waals surface area contributed by atoms with Crippen molar-refractivity contribution in [2.75, 3.05) is 11.4 Å². The topological polar surface area (TPSA) is 37.4 Å². The molecule has 1 heterocycles. The van der Waals surface area contributed by atoms with Crippen LogP contribution in [0.4, 0.5) is 5.69 Å². The third-order valence-electron chi connectivity index (χ3n) is 2.71. The van der Waals surface area contributed by atoms with E-state index in [0.29, 0.717) is 17.3 Å². The first kappa shape index (κ1) is 11.1. The molecule has 0 aliphatic carbocycles. The number of carbonyl (C=O) groups excluding carboxylic acids is 2. The van der Waals surface area contributed by atoms with E-state index in [-0.39, 0.29) is 12.2 Å². The summed E-state index contributed by atoms with van der Waals surface area (Å²) in [6.45, 7) is 4.27. The molecule has 0 saturated carbocycles. The molecule has 1 amide bonds. The van der Waals surface area contributed by atoms with Crippen molar-refractivity contribution in [1.29, 1.82) is 0 Å². The number of benzene rings is 1. The number of nitrogens with zero attached hydrogens (tertiary/aromatic N) is 1. The van der Waals surface area contributed by atoms with Gasteiger partial charge in [-0.05, 0) is 31.0 Å². The van der Waals surface area contributed by atoms with Crippen molar-refractivity contribution >= 4 is 29.0 Å². The van der Waals surface area contributed by atoms with E-state index >= 15 is 0 Å². The van der Waals surface area contributed by atoms with Crippen molar-refractivity contribution in [3.05, 3.63) is 28.3 Å². The van der Waals surface area contributed by atoms with Gasteiger partial charge in [-0.2, -0.15) is 0 Å². The lowest BCUT2D eigenvalue weighted by molar-refractivity contribution is -0.133. The molecule has 0 atom stereocenters. The van der Waals surface area contributed by atoms with Crippen LogP contribution in [0.2, 0.25) is 5.02 Å². The van der Waals surface area contributed by atoms with Gasteiger partial charge in [-0.15, -0.1) is 0 Å². The molecule has 84 valence electrons. The summed E-state index contributed by atoms with van der Waals surface area (Å²) >= 11 is 6.12. The molecule has 4 heteroatoms. The highest BCUT2D eigenvalue weighted by Crippen LogP contribution is 2.32. The second-order valence-electron chi connectivity index (χ2n) is 4.04. The van der Waals surface area contributed by atoms with Crippen LogP contribution in [0.5, 0.6) is 0 Å². The van der Waals surface area contributed by atoms with E-state index in [1.54, 1.807) is 6.07 Å². The Hall–Kier alpha value is -1.35. The minimum atomic E-state index is -0.450. The molecule has 3 nitrogen and oxygen atoms in total. The Balaban J connectivity index is 2.49. The highest BCUT2D eigenvalue weighted by molar-refractivity contribution is 6.45. The van der Waals surface area contributed by atoms with E-state index in [9.17, 15) is 9.59 Å². The summed E-state index contributed by atoms with van der Waals surface area (Å²) in [5, 5.41) is 0.528. The first-order valence-corrected chi connectivity index (χ1v) is 5.50. The van der Waals surface area contributed by atoms with Crippen molar-refractivity contribution in [3.63, 3.8) is 0 Å². The summed E-state index contributed by atoms with van der Waals surface area (Å²) in [6, 6.07) is 3.76. The van der Waals surface area contributed by atoms with E-state index in [0.717, 1.165) is 11.1 Å². The fourth-order valence-corrected chi connectivity index (χ4v) is 2.46. The molecular weight excluding hydrogens is 226 g/mol. The molecule has 1 aliphatic heterocycles. The van der Waals surface area contributed by atoms with E-state index in [1.165, 1.54) is 4.90 Å². The highest BCUT2D eigenvalue weighted by Gasteiger charge is 2.32. The number of ketones is 1. The number of carbonyl (C=O) groups is 2. The van der Waals surface area contributed by atoms with Gasteiger partial charge in [0.25, 0.3) is 5.91 Å². The molecular formula is C12H12ClNO2. The van der Waals surface area contributed by atoms with Crippen molar-refractivity contribution in [3.8, 4) is 0 Å². The van der Waals surface area contributed by atoms with E-state index in [4.69, 9.17) is 11.6 Å². The Kier molecular flexibility index (Phi) is 2.72. The third kappa shape index (κ3) is 1.71. The zero-order chi connectivity index (χ0) is 11.9. The van der Waals surface area contributed by atoms with Gasteiger partial charge in [0.1, 0.15) is 0 Å². The summed E-state index contributed by atoms with van der Waals surface area (Å²) in [5.41, 5.74) is 2.64. The molecule has 0 bridgehead atoms. The zero-order valence-corrected chi connectivity index (χ0v) is 9.97. The minimum Gasteiger partial charge on any atom is -0.304 e. The summed E-state index contributed by atoms with van der Waals surface area (Å²) < 4.78 is 0. The lowest BCUT2D eigenvalue weighted by atomic mass is 10.1. The normalized spacial score (nSPS) is 16.1. The van der Waals surface area contributed by atoms with E-state index in [2.05, 4.69) is 0 Å². The number of halogens is 1. The second kappa shape index (κ2) is 3.91. The number of Topliss-reactive ketones (excluding diaryl/α,β-unsaturated/α-hetero) is 1. The first-order chi connectivity index (χ1) is 7.50. The van der Waals surface area contributed by atoms with Gasteiger partial charge in [0.2, 0.25) is 5.78 Å². The van der Waals surface area contributed by atoms with Crippen LogP contribution in [-0.4, -0.2) is 18.2 Å². The highest BCUT2D eigenvalue weighted by atomic mass is 35.5. The summed E-state index contributed by atoms with van der Waals surface area (Å²) in [6.07, 6.45) is 0.280. The van der Waals surface area contributed by atoms with Crippen molar-refractivity contribution in [2.24, 2.45) is 0 Å². The Labute approximate surface area is 99.0 Å². The number of anilines is 1. The number of rotatable bonds is 1. The predicted molar refractivity (Wildman–Crippen MR) is 62.9 cm³/mol. The molecule has 1 aromatic rings. The number of hydrogen-bond acceptors (Lipinski definition) is 2. The average Bonchev–Trinajstić information content (AvgIpc) is 2.48. The number of amides is 1. The summed E-state index contributed by atoms with van der Waals surface area (Å²) in [7, 11) is 0.